The van der Waals surface area contributed by atoms with Crippen molar-refractivity contribution in [3.8, 4) is 0 Å². The van der Waals surface area contributed by atoms with Crippen LogP contribution < -0.4 is 5.56 Å². The summed E-state index contributed by atoms with van der Waals surface area (Å²) in [5.74, 6) is -0.252. The minimum absolute atomic E-state index is 0.0722. The van der Waals surface area contributed by atoms with Crippen LogP contribution in [0.5, 0.6) is 0 Å². The fraction of sp³-hybridized carbons (Fsp3) is 0.300. The van der Waals surface area contributed by atoms with Gasteiger partial charge in [0.05, 0.1) is 18.4 Å². The summed E-state index contributed by atoms with van der Waals surface area (Å²) in [5, 5.41) is 0. The third kappa shape index (κ3) is 3.38. The molecule has 26 heavy (non-hydrogen) atoms. The third-order valence-corrected chi connectivity index (χ3v) is 4.72. The molecule has 6 heteroatoms. The molecule has 1 saturated heterocycles. The van der Waals surface area contributed by atoms with Crippen LogP contribution in [0.4, 0.5) is 4.39 Å². The Balaban J connectivity index is 1.55. The van der Waals surface area contributed by atoms with Crippen molar-refractivity contribution in [1.29, 1.82) is 0 Å². The lowest BCUT2D eigenvalue weighted by Crippen LogP contribution is -2.38. The lowest BCUT2D eigenvalue weighted by molar-refractivity contribution is -0.0333. The molecule has 0 saturated carbocycles. The normalized spacial score (nSPS) is 18.3. The Morgan fingerprint density at radius 2 is 2.08 bits per heavy atom. The summed E-state index contributed by atoms with van der Waals surface area (Å²) in [6.07, 6.45) is 1.63. The molecule has 1 atom stereocenters. The first kappa shape index (κ1) is 16.9. The van der Waals surface area contributed by atoms with Gasteiger partial charge in [0.1, 0.15) is 11.5 Å². The molecule has 1 aromatic carbocycles. The van der Waals surface area contributed by atoms with E-state index in [1.165, 1.54) is 12.1 Å². The minimum atomic E-state index is -0.252. The van der Waals surface area contributed by atoms with Crippen LogP contribution in [0.25, 0.3) is 5.65 Å². The average Bonchev–Trinajstić information content (AvgIpc) is 2.64. The number of hydrogen-bond acceptors (Lipinski definition) is 4. The molecule has 0 spiro atoms. The molecule has 0 radical (unpaired) electrons. The van der Waals surface area contributed by atoms with Crippen molar-refractivity contribution in [2.45, 2.75) is 19.6 Å². The van der Waals surface area contributed by atoms with Crippen molar-refractivity contribution in [3.05, 3.63) is 81.7 Å². The largest absolute Gasteiger partial charge is 0.371 e. The van der Waals surface area contributed by atoms with Crippen LogP contribution in [0.1, 0.15) is 22.9 Å². The van der Waals surface area contributed by atoms with Crippen molar-refractivity contribution in [1.82, 2.24) is 14.3 Å². The van der Waals surface area contributed by atoms with Crippen LogP contribution in [-0.2, 0) is 11.3 Å². The molecular formula is C20H20FN3O2. The molecule has 1 unspecified atom stereocenters. The molecule has 3 heterocycles. The number of aryl methyl sites for hydroxylation is 1. The summed E-state index contributed by atoms with van der Waals surface area (Å²) in [6, 6.07) is 11.8. The summed E-state index contributed by atoms with van der Waals surface area (Å²) in [4.78, 5) is 19.2. The first-order chi connectivity index (χ1) is 12.6. The molecule has 1 fully saturated rings. The fourth-order valence-corrected chi connectivity index (χ4v) is 3.34. The Hall–Kier alpha value is -2.57. The zero-order chi connectivity index (χ0) is 18.1. The summed E-state index contributed by atoms with van der Waals surface area (Å²) < 4.78 is 20.5. The maximum absolute atomic E-state index is 13.1. The number of ether oxygens (including phenoxy) is 1. The van der Waals surface area contributed by atoms with Gasteiger partial charge in [0, 0.05) is 31.9 Å². The number of halogens is 1. The molecule has 0 bridgehead atoms. The second-order valence-electron chi connectivity index (χ2n) is 6.62. The Labute approximate surface area is 150 Å². The number of benzene rings is 1. The molecule has 1 aliphatic rings. The van der Waals surface area contributed by atoms with Crippen LogP contribution in [0.3, 0.4) is 0 Å². The highest BCUT2D eigenvalue weighted by Crippen LogP contribution is 2.23. The molecule has 0 N–H and O–H groups in total. The van der Waals surface area contributed by atoms with E-state index >= 15 is 0 Å². The highest BCUT2D eigenvalue weighted by molar-refractivity contribution is 5.46. The molecule has 0 amide bonds. The van der Waals surface area contributed by atoms with Crippen molar-refractivity contribution >= 4 is 5.65 Å². The van der Waals surface area contributed by atoms with Crippen molar-refractivity contribution in [2.75, 3.05) is 19.7 Å². The van der Waals surface area contributed by atoms with Gasteiger partial charge in [-0.3, -0.25) is 14.1 Å². The molecule has 4 rings (SSSR count). The second kappa shape index (κ2) is 6.97. The van der Waals surface area contributed by atoms with E-state index in [0.717, 1.165) is 23.4 Å². The van der Waals surface area contributed by atoms with Gasteiger partial charge < -0.3 is 4.74 Å². The predicted molar refractivity (Wildman–Crippen MR) is 96.6 cm³/mol. The fourth-order valence-electron chi connectivity index (χ4n) is 3.34. The Kier molecular flexibility index (Phi) is 4.53. The van der Waals surface area contributed by atoms with E-state index in [9.17, 15) is 9.18 Å². The van der Waals surface area contributed by atoms with Crippen LogP contribution in [0.2, 0.25) is 0 Å². The van der Waals surface area contributed by atoms with Gasteiger partial charge in [0.2, 0.25) is 0 Å². The van der Waals surface area contributed by atoms with Gasteiger partial charge in [-0.2, -0.15) is 0 Å². The molecule has 5 nitrogen and oxygen atoms in total. The van der Waals surface area contributed by atoms with Crippen LogP contribution in [-0.4, -0.2) is 34.0 Å². The van der Waals surface area contributed by atoms with Gasteiger partial charge in [-0.1, -0.05) is 18.2 Å². The lowest BCUT2D eigenvalue weighted by atomic mass is 10.1. The molecule has 1 aliphatic heterocycles. The number of pyridine rings is 1. The number of aromatic nitrogens is 2. The van der Waals surface area contributed by atoms with Crippen LogP contribution >= 0.6 is 0 Å². The zero-order valence-electron chi connectivity index (χ0n) is 14.6. The Morgan fingerprint density at radius 1 is 1.27 bits per heavy atom. The molecular weight excluding hydrogens is 333 g/mol. The van der Waals surface area contributed by atoms with E-state index < -0.39 is 0 Å². The summed E-state index contributed by atoms with van der Waals surface area (Å²) in [7, 11) is 0. The number of nitrogens with zero attached hydrogens (tertiary/aromatic N) is 3. The molecule has 2 aromatic heterocycles. The highest BCUT2D eigenvalue weighted by atomic mass is 19.1. The Morgan fingerprint density at radius 3 is 2.88 bits per heavy atom. The first-order valence-electron chi connectivity index (χ1n) is 8.67. The van der Waals surface area contributed by atoms with Gasteiger partial charge in [0.25, 0.3) is 5.56 Å². The first-order valence-corrected chi connectivity index (χ1v) is 8.67. The zero-order valence-corrected chi connectivity index (χ0v) is 14.6. The van der Waals surface area contributed by atoms with E-state index in [1.54, 1.807) is 28.8 Å². The summed E-state index contributed by atoms with van der Waals surface area (Å²) in [6.45, 7) is 4.58. The summed E-state index contributed by atoms with van der Waals surface area (Å²) >= 11 is 0. The number of fused-ring (bicyclic) bond motifs is 1. The Bertz CT molecular complexity index is 985. The highest BCUT2D eigenvalue weighted by Gasteiger charge is 2.22. The van der Waals surface area contributed by atoms with E-state index in [1.807, 2.05) is 19.1 Å². The standard InChI is InChI=1S/C20H20FN3O2/c1-14-3-2-8-24-19(25)11-17(22-20(14)24)12-23-9-10-26-18(13-23)15-4-6-16(21)7-5-15/h2-8,11,18H,9-10,12-13H2,1H3. The van der Waals surface area contributed by atoms with Crippen molar-refractivity contribution < 1.29 is 9.13 Å². The lowest BCUT2D eigenvalue weighted by Gasteiger charge is -2.33. The van der Waals surface area contributed by atoms with E-state index in [4.69, 9.17) is 4.74 Å². The molecule has 134 valence electrons. The maximum atomic E-state index is 13.1. The summed E-state index contributed by atoms with van der Waals surface area (Å²) in [5.41, 5.74) is 3.30. The van der Waals surface area contributed by atoms with Crippen LogP contribution in [0, 0.1) is 12.7 Å². The second-order valence-corrected chi connectivity index (χ2v) is 6.62. The van der Waals surface area contributed by atoms with Gasteiger partial charge in [-0.15, -0.1) is 0 Å². The smallest absolute Gasteiger partial charge is 0.258 e. The number of rotatable bonds is 3. The van der Waals surface area contributed by atoms with Crippen molar-refractivity contribution in [2.24, 2.45) is 0 Å². The molecule has 3 aromatic rings. The SMILES string of the molecule is Cc1cccn2c(=O)cc(CN3CCOC(c4ccc(F)cc4)C3)nc12. The van der Waals surface area contributed by atoms with E-state index in [-0.39, 0.29) is 17.5 Å². The monoisotopic (exact) mass is 353 g/mol. The minimum Gasteiger partial charge on any atom is -0.371 e. The van der Waals surface area contributed by atoms with Gasteiger partial charge in [-0.05, 0) is 36.2 Å². The van der Waals surface area contributed by atoms with Gasteiger partial charge in [0.15, 0.2) is 0 Å². The number of morpholine rings is 1. The van der Waals surface area contributed by atoms with Crippen molar-refractivity contribution in [3.63, 3.8) is 0 Å². The van der Waals surface area contributed by atoms with Crippen LogP contribution in [0.15, 0.2) is 53.5 Å². The number of hydrogen-bond donors (Lipinski definition) is 0. The quantitative estimate of drug-likeness (QED) is 0.726. The topological polar surface area (TPSA) is 46.8 Å². The predicted octanol–water partition coefficient (Wildman–Crippen LogP) is 2.72. The average molecular weight is 353 g/mol. The van der Waals surface area contributed by atoms with Gasteiger partial charge >= 0.3 is 0 Å². The van der Waals surface area contributed by atoms with Gasteiger partial charge in [-0.25, -0.2) is 9.37 Å². The molecule has 0 aliphatic carbocycles. The third-order valence-electron chi connectivity index (χ3n) is 4.72. The maximum Gasteiger partial charge on any atom is 0.258 e. The van der Waals surface area contributed by atoms with E-state index in [0.29, 0.717) is 25.3 Å². The van der Waals surface area contributed by atoms with E-state index in [2.05, 4.69) is 9.88 Å².